The quantitative estimate of drug-likeness (QED) is 0.646. The van der Waals surface area contributed by atoms with Crippen molar-refractivity contribution >= 4 is 30.0 Å². The molecular weight excluding hydrogens is 356 g/mol. The molecule has 126 valence electrons. The molecule has 1 aromatic rings. The molecule has 1 rings (SSSR count). The second-order valence-corrected chi connectivity index (χ2v) is 4.46. The van der Waals surface area contributed by atoms with E-state index in [0.29, 0.717) is 12.1 Å². The second kappa shape index (κ2) is 7.43. The smallest absolute Gasteiger partial charge is 0.416 e. The lowest BCUT2D eigenvalue weighted by Crippen LogP contribution is -2.42. The summed E-state index contributed by atoms with van der Waals surface area (Å²) in [6, 6.07) is -0.548. The lowest BCUT2D eigenvalue weighted by atomic mass is 9.99. The first kappa shape index (κ1) is 20.9. The van der Waals surface area contributed by atoms with Crippen LogP contribution in [0.3, 0.4) is 0 Å². The summed E-state index contributed by atoms with van der Waals surface area (Å²) < 4.78 is 69.4. The number of hydrogen-bond donors (Lipinski definition) is 1. The molecule has 22 heavy (non-hydrogen) atoms. The number of halogens is 7. The Bertz CT molecular complexity index is 537. The fraction of sp³-hybridized carbons (Fsp3) is 0.417. The summed E-state index contributed by atoms with van der Waals surface area (Å²) in [5.74, 6) is -6.13. The Kier molecular flexibility index (Phi) is 7.05. The van der Waals surface area contributed by atoms with Crippen LogP contribution in [0.2, 0.25) is 5.02 Å². The van der Waals surface area contributed by atoms with Crippen LogP contribution in [0.15, 0.2) is 18.2 Å². The van der Waals surface area contributed by atoms with Gasteiger partial charge < -0.3 is 10.5 Å². The molecule has 0 aromatic heterocycles. The van der Waals surface area contributed by atoms with E-state index in [9.17, 15) is 26.7 Å². The molecule has 1 aromatic carbocycles. The van der Waals surface area contributed by atoms with Crippen molar-refractivity contribution in [3.63, 3.8) is 0 Å². The van der Waals surface area contributed by atoms with Crippen LogP contribution >= 0.6 is 24.0 Å². The van der Waals surface area contributed by atoms with E-state index in [-0.39, 0.29) is 19.0 Å². The Morgan fingerprint density at radius 1 is 1.32 bits per heavy atom. The number of esters is 1. The van der Waals surface area contributed by atoms with Gasteiger partial charge in [-0.1, -0.05) is 11.6 Å². The molecule has 0 spiro atoms. The first-order chi connectivity index (χ1) is 9.51. The predicted octanol–water partition coefficient (Wildman–Crippen LogP) is 3.98. The number of carbonyl (C=O) groups excluding carboxylic acids is 1. The minimum absolute atomic E-state index is 0. The Balaban J connectivity index is 0.00000441. The van der Waals surface area contributed by atoms with Gasteiger partial charge in [-0.25, -0.2) is 4.79 Å². The SMILES string of the molecule is CCOC(=O)C(F)(F)[C@H](N)c1cc(C(F)(F)F)ccc1Cl.Cl. The molecule has 0 aliphatic carbocycles. The fourth-order valence-corrected chi connectivity index (χ4v) is 1.74. The van der Waals surface area contributed by atoms with Crippen molar-refractivity contribution in [2.24, 2.45) is 5.73 Å². The Labute approximate surface area is 134 Å². The van der Waals surface area contributed by atoms with Crippen molar-refractivity contribution in [2.75, 3.05) is 6.61 Å². The third kappa shape index (κ3) is 4.44. The summed E-state index contributed by atoms with van der Waals surface area (Å²) in [6.07, 6.45) is -4.75. The van der Waals surface area contributed by atoms with Crippen LogP contribution < -0.4 is 5.73 Å². The van der Waals surface area contributed by atoms with Crippen molar-refractivity contribution < 1.29 is 31.5 Å². The van der Waals surface area contributed by atoms with Gasteiger partial charge in [0.2, 0.25) is 0 Å². The van der Waals surface area contributed by atoms with Crippen LogP contribution in [-0.2, 0) is 15.7 Å². The van der Waals surface area contributed by atoms with Gasteiger partial charge in [-0.2, -0.15) is 22.0 Å². The molecule has 0 bridgehead atoms. The molecular formula is C12H12Cl2F5NO2. The summed E-state index contributed by atoms with van der Waals surface area (Å²) in [7, 11) is 0. The van der Waals surface area contributed by atoms with Gasteiger partial charge in [0.1, 0.15) is 6.04 Å². The van der Waals surface area contributed by atoms with Crippen molar-refractivity contribution in [1.82, 2.24) is 0 Å². The van der Waals surface area contributed by atoms with Crippen LogP contribution in [0.25, 0.3) is 0 Å². The summed E-state index contributed by atoms with van der Waals surface area (Å²) in [4.78, 5) is 11.2. The van der Waals surface area contributed by atoms with E-state index in [1.165, 1.54) is 6.92 Å². The second-order valence-electron chi connectivity index (χ2n) is 4.06. The zero-order valence-electron chi connectivity index (χ0n) is 11.1. The number of nitrogens with two attached hydrogens (primary N) is 1. The largest absolute Gasteiger partial charge is 0.462 e. The van der Waals surface area contributed by atoms with E-state index in [1.54, 1.807) is 0 Å². The number of rotatable bonds is 4. The van der Waals surface area contributed by atoms with Gasteiger partial charge in [0, 0.05) is 5.02 Å². The predicted molar refractivity (Wildman–Crippen MR) is 72.2 cm³/mol. The zero-order valence-corrected chi connectivity index (χ0v) is 12.7. The number of benzene rings is 1. The topological polar surface area (TPSA) is 52.3 Å². The lowest BCUT2D eigenvalue weighted by Gasteiger charge is -2.23. The van der Waals surface area contributed by atoms with Crippen LogP contribution in [0, 0.1) is 0 Å². The minimum atomic E-state index is -4.75. The molecule has 0 radical (unpaired) electrons. The van der Waals surface area contributed by atoms with Crippen molar-refractivity contribution in [2.45, 2.75) is 25.1 Å². The summed E-state index contributed by atoms with van der Waals surface area (Å²) in [6.45, 7) is 0.980. The molecule has 0 unspecified atom stereocenters. The Hall–Kier alpha value is -1.12. The number of carbonyl (C=O) groups is 1. The van der Waals surface area contributed by atoms with E-state index < -0.39 is 40.3 Å². The highest BCUT2D eigenvalue weighted by Gasteiger charge is 2.48. The average molecular weight is 368 g/mol. The normalized spacial score (nSPS) is 13.3. The molecule has 0 aliphatic rings. The van der Waals surface area contributed by atoms with Crippen LogP contribution in [0.4, 0.5) is 22.0 Å². The first-order valence-electron chi connectivity index (χ1n) is 5.69. The maximum Gasteiger partial charge on any atom is 0.416 e. The maximum absolute atomic E-state index is 13.8. The highest BCUT2D eigenvalue weighted by atomic mass is 35.5. The minimum Gasteiger partial charge on any atom is -0.462 e. The van der Waals surface area contributed by atoms with E-state index in [2.05, 4.69) is 4.74 Å². The molecule has 1 atom stereocenters. The maximum atomic E-state index is 13.8. The van der Waals surface area contributed by atoms with Gasteiger partial charge in [-0.3, -0.25) is 0 Å². The van der Waals surface area contributed by atoms with E-state index >= 15 is 0 Å². The molecule has 0 saturated carbocycles. The van der Waals surface area contributed by atoms with E-state index in [4.69, 9.17) is 17.3 Å². The Morgan fingerprint density at radius 3 is 2.32 bits per heavy atom. The van der Waals surface area contributed by atoms with Gasteiger partial charge in [0.05, 0.1) is 12.2 Å². The number of alkyl halides is 5. The Morgan fingerprint density at radius 2 is 1.86 bits per heavy atom. The standard InChI is InChI=1S/C12H11ClF5NO2.ClH/c1-2-21-10(20)11(14,15)9(19)7-5-6(12(16,17)18)3-4-8(7)13;/h3-5,9H,2,19H2,1H3;1H/t9-;/m1./s1. The van der Waals surface area contributed by atoms with Crippen molar-refractivity contribution in [3.8, 4) is 0 Å². The highest BCUT2D eigenvalue weighted by Crippen LogP contribution is 2.38. The average Bonchev–Trinajstić information content (AvgIpc) is 2.37. The number of ether oxygens (including phenoxy) is 1. The van der Waals surface area contributed by atoms with Crippen LogP contribution in [0.1, 0.15) is 24.1 Å². The number of hydrogen-bond acceptors (Lipinski definition) is 3. The third-order valence-corrected chi connectivity index (χ3v) is 2.94. The van der Waals surface area contributed by atoms with Gasteiger partial charge in [-0.15, -0.1) is 12.4 Å². The molecule has 2 N–H and O–H groups in total. The van der Waals surface area contributed by atoms with Gasteiger partial charge in [-0.05, 0) is 30.7 Å². The zero-order chi connectivity index (χ0) is 16.4. The molecule has 0 heterocycles. The van der Waals surface area contributed by atoms with Gasteiger partial charge in [0.15, 0.2) is 0 Å². The molecule has 10 heteroatoms. The first-order valence-corrected chi connectivity index (χ1v) is 6.06. The van der Waals surface area contributed by atoms with Crippen LogP contribution in [-0.4, -0.2) is 18.5 Å². The summed E-state index contributed by atoms with van der Waals surface area (Å²) in [5.41, 5.74) is 3.33. The lowest BCUT2D eigenvalue weighted by molar-refractivity contribution is -0.174. The van der Waals surface area contributed by atoms with Gasteiger partial charge >= 0.3 is 18.1 Å². The van der Waals surface area contributed by atoms with Crippen molar-refractivity contribution in [3.05, 3.63) is 34.3 Å². The van der Waals surface area contributed by atoms with E-state index in [1.807, 2.05) is 0 Å². The van der Waals surface area contributed by atoms with E-state index in [0.717, 1.165) is 6.07 Å². The monoisotopic (exact) mass is 367 g/mol. The fourth-order valence-electron chi connectivity index (χ4n) is 1.51. The van der Waals surface area contributed by atoms with Crippen molar-refractivity contribution in [1.29, 1.82) is 0 Å². The molecule has 3 nitrogen and oxygen atoms in total. The molecule has 0 fully saturated rings. The third-order valence-electron chi connectivity index (χ3n) is 2.60. The highest BCUT2D eigenvalue weighted by molar-refractivity contribution is 6.31. The van der Waals surface area contributed by atoms with Gasteiger partial charge in [0.25, 0.3) is 0 Å². The van der Waals surface area contributed by atoms with Crippen LogP contribution in [0.5, 0.6) is 0 Å². The molecule has 0 aliphatic heterocycles. The molecule has 0 saturated heterocycles. The molecule has 0 amide bonds. The summed E-state index contributed by atoms with van der Waals surface area (Å²) in [5, 5.41) is -0.403. The summed E-state index contributed by atoms with van der Waals surface area (Å²) >= 11 is 5.60.